The fourth-order valence-electron chi connectivity index (χ4n) is 3.45. The smallest absolute Gasteiger partial charge is 0.316 e. The first-order valence-corrected chi connectivity index (χ1v) is 9.05. The van der Waals surface area contributed by atoms with Crippen molar-refractivity contribution in [3.63, 3.8) is 0 Å². The van der Waals surface area contributed by atoms with Crippen molar-refractivity contribution in [2.24, 2.45) is 0 Å². The summed E-state index contributed by atoms with van der Waals surface area (Å²) in [4.78, 5) is 19.6. The highest BCUT2D eigenvalue weighted by Crippen LogP contribution is 2.33. The molecular formula is C20H22N6O. The lowest BCUT2D eigenvalue weighted by Gasteiger charge is -2.25. The van der Waals surface area contributed by atoms with E-state index in [2.05, 4.69) is 42.3 Å². The zero-order chi connectivity index (χ0) is 18.5. The van der Waals surface area contributed by atoms with Gasteiger partial charge in [0.1, 0.15) is 11.6 Å². The summed E-state index contributed by atoms with van der Waals surface area (Å²) in [7, 11) is 1.57. The van der Waals surface area contributed by atoms with Crippen molar-refractivity contribution < 1.29 is 4.74 Å². The van der Waals surface area contributed by atoms with E-state index in [4.69, 9.17) is 4.74 Å². The van der Waals surface area contributed by atoms with Crippen LogP contribution < -0.4 is 10.1 Å². The van der Waals surface area contributed by atoms with Crippen LogP contribution in [0.25, 0.3) is 0 Å². The number of hydrogen-bond donors (Lipinski definition) is 1. The van der Waals surface area contributed by atoms with Crippen molar-refractivity contribution in [2.75, 3.05) is 19.0 Å². The molecule has 4 heterocycles. The van der Waals surface area contributed by atoms with Crippen LogP contribution in [0.5, 0.6) is 6.01 Å². The number of likely N-dealkylation sites (tertiary alicyclic amines) is 1. The highest BCUT2D eigenvalue weighted by Gasteiger charge is 2.26. The standard InChI is InChI=1S/C20H22N6O/c1-27-20-23-12-15(13-24-20)14-26-10-4-5-17(26)16-7-9-22-19(11-16)25-18-6-2-3-8-21-18/h2-3,6-9,11-13,17H,4-5,10,14H2,1H3,(H,21,22,25)/t17-/m1/s1. The van der Waals surface area contributed by atoms with Gasteiger partial charge in [0.05, 0.1) is 7.11 Å². The van der Waals surface area contributed by atoms with Crippen LogP contribution in [-0.2, 0) is 6.54 Å². The predicted octanol–water partition coefficient (Wildman–Crippen LogP) is 3.36. The number of methoxy groups -OCH3 is 1. The van der Waals surface area contributed by atoms with Gasteiger partial charge in [-0.25, -0.2) is 19.9 Å². The largest absolute Gasteiger partial charge is 0.467 e. The highest BCUT2D eigenvalue weighted by atomic mass is 16.5. The minimum absolute atomic E-state index is 0.361. The maximum atomic E-state index is 5.04. The molecule has 1 atom stereocenters. The summed E-state index contributed by atoms with van der Waals surface area (Å²) >= 11 is 0. The number of aromatic nitrogens is 4. The van der Waals surface area contributed by atoms with Crippen LogP contribution in [0.3, 0.4) is 0 Å². The molecule has 0 saturated carbocycles. The molecule has 7 heteroatoms. The summed E-state index contributed by atoms with van der Waals surface area (Å²) in [5.74, 6) is 1.60. The molecule has 0 bridgehead atoms. The predicted molar refractivity (Wildman–Crippen MR) is 103 cm³/mol. The van der Waals surface area contributed by atoms with Crippen LogP contribution >= 0.6 is 0 Å². The van der Waals surface area contributed by atoms with Gasteiger partial charge in [0.15, 0.2) is 0 Å². The number of pyridine rings is 2. The van der Waals surface area contributed by atoms with Crippen LogP contribution in [-0.4, -0.2) is 38.5 Å². The van der Waals surface area contributed by atoms with Crippen molar-refractivity contribution in [1.82, 2.24) is 24.8 Å². The first-order valence-electron chi connectivity index (χ1n) is 9.05. The normalized spacial score (nSPS) is 17.0. The van der Waals surface area contributed by atoms with Crippen LogP contribution in [0.15, 0.2) is 55.1 Å². The Hall–Kier alpha value is -3.06. The van der Waals surface area contributed by atoms with Crippen molar-refractivity contribution in [2.45, 2.75) is 25.4 Å². The fourth-order valence-corrected chi connectivity index (χ4v) is 3.45. The van der Waals surface area contributed by atoms with Gasteiger partial charge >= 0.3 is 6.01 Å². The van der Waals surface area contributed by atoms with Gasteiger partial charge in [-0.3, -0.25) is 4.90 Å². The zero-order valence-electron chi connectivity index (χ0n) is 15.2. The third-order valence-electron chi connectivity index (χ3n) is 4.70. The third-order valence-corrected chi connectivity index (χ3v) is 4.70. The summed E-state index contributed by atoms with van der Waals surface area (Å²) in [6, 6.07) is 10.7. The van der Waals surface area contributed by atoms with Crippen molar-refractivity contribution in [3.05, 3.63) is 66.2 Å². The van der Waals surface area contributed by atoms with E-state index in [1.807, 2.05) is 36.8 Å². The number of hydrogen-bond acceptors (Lipinski definition) is 7. The molecule has 0 radical (unpaired) electrons. The van der Waals surface area contributed by atoms with Crippen molar-refractivity contribution in [1.29, 1.82) is 0 Å². The molecule has 0 amide bonds. The van der Waals surface area contributed by atoms with Crippen LogP contribution in [0.4, 0.5) is 11.6 Å². The second-order valence-corrected chi connectivity index (χ2v) is 6.52. The first kappa shape index (κ1) is 17.4. The van der Waals surface area contributed by atoms with E-state index in [0.29, 0.717) is 12.1 Å². The van der Waals surface area contributed by atoms with Gasteiger partial charge in [-0.15, -0.1) is 0 Å². The third kappa shape index (κ3) is 4.20. The molecule has 1 fully saturated rings. The maximum Gasteiger partial charge on any atom is 0.316 e. The van der Waals surface area contributed by atoms with E-state index in [1.165, 1.54) is 12.0 Å². The Bertz CT molecular complexity index is 871. The summed E-state index contributed by atoms with van der Waals surface area (Å²) in [5.41, 5.74) is 2.35. The van der Waals surface area contributed by atoms with Crippen molar-refractivity contribution >= 4 is 11.6 Å². The van der Waals surface area contributed by atoms with Gasteiger partial charge in [0.2, 0.25) is 0 Å². The Labute approximate surface area is 158 Å². The van der Waals surface area contributed by atoms with Crippen LogP contribution in [0.1, 0.15) is 30.0 Å². The number of anilines is 2. The van der Waals surface area contributed by atoms with Gasteiger partial charge in [-0.05, 0) is 49.2 Å². The molecule has 3 aromatic rings. The van der Waals surface area contributed by atoms with E-state index in [-0.39, 0.29) is 0 Å². The zero-order valence-corrected chi connectivity index (χ0v) is 15.2. The molecule has 0 spiro atoms. The first-order chi connectivity index (χ1) is 13.3. The number of ether oxygens (including phenoxy) is 1. The SMILES string of the molecule is COc1ncc(CN2CCC[C@@H]2c2ccnc(Nc3ccccn3)c2)cn1. The Morgan fingerprint density at radius 3 is 2.70 bits per heavy atom. The van der Waals surface area contributed by atoms with Gasteiger partial charge < -0.3 is 10.1 Å². The lowest BCUT2D eigenvalue weighted by atomic mass is 10.1. The molecule has 1 aliphatic heterocycles. The van der Waals surface area contributed by atoms with E-state index in [1.54, 1.807) is 13.3 Å². The topological polar surface area (TPSA) is 76.1 Å². The molecule has 27 heavy (non-hydrogen) atoms. The van der Waals surface area contributed by atoms with Gasteiger partial charge in [-0.2, -0.15) is 0 Å². The monoisotopic (exact) mass is 362 g/mol. The molecule has 1 saturated heterocycles. The molecule has 0 aromatic carbocycles. The minimum Gasteiger partial charge on any atom is -0.467 e. The highest BCUT2D eigenvalue weighted by molar-refractivity contribution is 5.52. The Balaban J connectivity index is 1.48. The molecular weight excluding hydrogens is 340 g/mol. The van der Waals surface area contributed by atoms with E-state index in [9.17, 15) is 0 Å². The molecule has 1 aliphatic rings. The molecule has 1 N–H and O–H groups in total. The van der Waals surface area contributed by atoms with E-state index >= 15 is 0 Å². The average Bonchev–Trinajstić information content (AvgIpc) is 3.18. The fraction of sp³-hybridized carbons (Fsp3) is 0.300. The minimum atomic E-state index is 0.361. The summed E-state index contributed by atoms with van der Waals surface area (Å²) < 4.78 is 5.04. The molecule has 0 unspecified atom stereocenters. The summed E-state index contributed by atoms with van der Waals surface area (Å²) in [6.07, 6.45) is 9.59. The number of nitrogens with one attached hydrogen (secondary N) is 1. The lowest BCUT2D eigenvalue weighted by molar-refractivity contribution is 0.247. The number of rotatable bonds is 6. The summed E-state index contributed by atoms with van der Waals surface area (Å²) in [5, 5.41) is 3.27. The molecule has 0 aliphatic carbocycles. The quantitative estimate of drug-likeness (QED) is 0.720. The van der Waals surface area contributed by atoms with Gasteiger partial charge in [-0.1, -0.05) is 6.07 Å². The lowest BCUT2D eigenvalue weighted by Crippen LogP contribution is -2.23. The van der Waals surface area contributed by atoms with Crippen molar-refractivity contribution in [3.8, 4) is 6.01 Å². The Morgan fingerprint density at radius 1 is 1.07 bits per heavy atom. The van der Waals surface area contributed by atoms with Gasteiger partial charge in [0.25, 0.3) is 0 Å². The summed E-state index contributed by atoms with van der Waals surface area (Å²) in [6.45, 7) is 1.88. The molecule has 138 valence electrons. The van der Waals surface area contributed by atoms with Crippen LogP contribution in [0, 0.1) is 0 Å². The number of nitrogens with zero attached hydrogens (tertiary/aromatic N) is 5. The maximum absolute atomic E-state index is 5.04. The second kappa shape index (κ2) is 8.09. The van der Waals surface area contributed by atoms with E-state index in [0.717, 1.165) is 36.7 Å². The average molecular weight is 362 g/mol. The second-order valence-electron chi connectivity index (χ2n) is 6.52. The Kier molecular flexibility index (Phi) is 5.20. The molecule has 4 rings (SSSR count). The molecule has 3 aromatic heterocycles. The molecule has 7 nitrogen and oxygen atoms in total. The van der Waals surface area contributed by atoms with Gasteiger partial charge in [0, 0.05) is 42.9 Å². The Morgan fingerprint density at radius 2 is 1.93 bits per heavy atom. The van der Waals surface area contributed by atoms with E-state index < -0.39 is 0 Å². The van der Waals surface area contributed by atoms with Crippen LogP contribution in [0.2, 0.25) is 0 Å².